The third-order valence-corrected chi connectivity index (χ3v) is 5.57. The van der Waals surface area contributed by atoms with Crippen molar-refractivity contribution in [3.63, 3.8) is 0 Å². The van der Waals surface area contributed by atoms with Crippen LogP contribution in [-0.4, -0.2) is 14.8 Å². The van der Waals surface area contributed by atoms with Crippen molar-refractivity contribution in [2.45, 2.75) is 25.8 Å². The molecule has 0 radical (unpaired) electrons. The maximum absolute atomic E-state index is 14.7. The van der Waals surface area contributed by atoms with Gasteiger partial charge in [0.05, 0.1) is 11.5 Å². The zero-order chi connectivity index (χ0) is 23.0. The molecule has 0 unspecified atom stereocenters. The van der Waals surface area contributed by atoms with Crippen molar-refractivity contribution < 1.29 is 19.3 Å². The Balaban J connectivity index is 1.82. The quantitative estimate of drug-likeness (QED) is 0.544. The lowest BCUT2D eigenvalue weighted by Gasteiger charge is -2.27. The highest BCUT2D eigenvalue weighted by Gasteiger charge is 2.35. The summed E-state index contributed by atoms with van der Waals surface area (Å²) in [5, 5.41) is 28.9. The minimum Gasteiger partial charge on any atom is -0.504 e. The van der Waals surface area contributed by atoms with E-state index in [9.17, 15) is 24.7 Å². The van der Waals surface area contributed by atoms with Crippen LogP contribution in [0.2, 0.25) is 0 Å². The standard InChI is InChI=1S/C24H20FN3O4/c1-13-10-20-22(24(31)28(13)9-8-14-6-7-18(29)19(30)11-14)21(16(12-26)23(27)32-20)15-4-2-3-5-17(15)25/h2-7,10-11,21,29-30H,8-9,27H2,1H3/t21-/m0/s1. The number of nitriles is 1. The largest absolute Gasteiger partial charge is 0.504 e. The van der Waals surface area contributed by atoms with Crippen molar-refractivity contribution in [1.82, 2.24) is 4.57 Å². The monoisotopic (exact) mass is 433 g/mol. The number of benzene rings is 2. The zero-order valence-electron chi connectivity index (χ0n) is 17.2. The molecule has 0 saturated carbocycles. The smallest absolute Gasteiger partial charge is 0.258 e. The minimum atomic E-state index is -0.998. The fraction of sp³-hybridized carbons (Fsp3) is 0.167. The first kappa shape index (κ1) is 21.0. The van der Waals surface area contributed by atoms with Gasteiger partial charge in [-0.3, -0.25) is 4.79 Å². The Kier molecular flexibility index (Phi) is 5.33. The average Bonchev–Trinajstić information content (AvgIpc) is 2.75. The van der Waals surface area contributed by atoms with E-state index >= 15 is 0 Å². The van der Waals surface area contributed by atoms with Crippen molar-refractivity contribution >= 4 is 0 Å². The molecule has 0 aliphatic carbocycles. The van der Waals surface area contributed by atoms with Gasteiger partial charge in [0.15, 0.2) is 11.5 Å². The lowest BCUT2D eigenvalue weighted by atomic mass is 9.83. The van der Waals surface area contributed by atoms with Crippen molar-refractivity contribution in [2.75, 3.05) is 0 Å². The summed E-state index contributed by atoms with van der Waals surface area (Å²) in [6.45, 7) is 1.99. The van der Waals surface area contributed by atoms with E-state index in [1.807, 2.05) is 6.07 Å². The van der Waals surface area contributed by atoms with Crippen molar-refractivity contribution in [1.29, 1.82) is 5.26 Å². The first-order valence-corrected chi connectivity index (χ1v) is 9.89. The van der Waals surface area contributed by atoms with E-state index in [-0.39, 0.29) is 46.4 Å². The summed E-state index contributed by atoms with van der Waals surface area (Å²) < 4.78 is 21.8. The number of hydrogen-bond donors (Lipinski definition) is 3. The van der Waals surface area contributed by atoms with Crippen LogP contribution in [0.1, 0.15) is 28.3 Å². The molecule has 32 heavy (non-hydrogen) atoms. The summed E-state index contributed by atoms with van der Waals surface area (Å²) in [5.41, 5.74) is 7.10. The molecule has 0 fully saturated rings. The molecule has 1 aromatic heterocycles. The first-order chi connectivity index (χ1) is 15.3. The number of halogens is 1. The van der Waals surface area contributed by atoms with Crippen LogP contribution < -0.4 is 16.0 Å². The number of ether oxygens (including phenoxy) is 1. The second-order valence-corrected chi connectivity index (χ2v) is 7.54. The van der Waals surface area contributed by atoms with E-state index < -0.39 is 17.3 Å². The van der Waals surface area contributed by atoms with Gasteiger partial charge in [-0.1, -0.05) is 24.3 Å². The van der Waals surface area contributed by atoms with Gasteiger partial charge in [0, 0.05) is 23.9 Å². The second kappa shape index (κ2) is 8.12. The van der Waals surface area contributed by atoms with Gasteiger partial charge < -0.3 is 25.3 Å². The molecule has 4 rings (SSSR count). The Morgan fingerprint density at radius 3 is 2.62 bits per heavy atom. The Morgan fingerprint density at radius 2 is 1.94 bits per heavy atom. The number of fused-ring (bicyclic) bond motifs is 1. The maximum atomic E-state index is 14.7. The Morgan fingerprint density at radius 1 is 1.19 bits per heavy atom. The van der Waals surface area contributed by atoms with Crippen molar-refractivity contribution in [3.8, 4) is 23.3 Å². The number of nitrogens with two attached hydrogens (primary N) is 1. The molecule has 1 aliphatic rings. The van der Waals surface area contributed by atoms with Crippen molar-refractivity contribution in [2.24, 2.45) is 5.73 Å². The number of aryl methyl sites for hydroxylation is 2. The Labute approximate surface area is 183 Å². The lowest BCUT2D eigenvalue weighted by Crippen LogP contribution is -2.33. The summed E-state index contributed by atoms with van der Waals surface area (Å²) in [6.07, 6.45) is 0.391. The molecule has 1 aliphatic heterocycles. The summed E-state index contributed by atoms with van der Waals surface area (Å²) in [5.74, 6) is -2.00. The molecule has 4 N–H and O–H groups in total. The van der Waals surface area contributed by atoms with E-state index in [4.69, 9.17) is 10.5 Å². The predicted molar refractivity (Wildman–Crippen MR) is 115 cm³/mol. The molecule has 2 heterocycles. The highest BCUT2D eigenvalue weighted by atomic mass is 19.1. The summed E-state index contributed by atoms with van der Waals surface area (Å²) >= 11 is 0. The van der Waals surface area contributed by atoms with Crippen LogP contribution in [0.4, 0.5) is 4.39 Å². The van der Waals surface area contributed by atoms with Gasteiger partial charge in [-0.05, 0) is 37.1 Å². The molecule has 7 nitrogen and oxygen atoms in total. The number of phenols is 2. The number of rotatable bonds is 4. The molecular formula is C24H20FN3O4. The number of nitrogens with zero attached hydrogens (tertiary/aromatic N) is 2. The van der Waals surface area contributed by atoms with Gasteiger partial charge in [-0.2, -0.15) is 5.26 Å². The van der Waals surface area contributed by atoms with E-state index in [0.717, 1.165) is 0 Å². The van der Waals surface area contributed by atoms with Crippen molar-refractivity contribution in [3.05, 3.63) is 98.5 Å². The van der Waals surface area contributed by atoms with E-state index in [0.29, 0.717) is 17.7 Å². The number of aromatic nitrogens is 1. The molecule has 162 valence electrons. The minimum absolute atomic E-state index is 0.0291. The fourth-order valence-corrected chi connectivity index (χ4v) is 3.95. The van der Waals surface area contributed by atoms with Crippen LogP contribution in [0, 0.1) is 24.1 Å². The molecular weight excluding hydrogens is 413 g/mol. The number of phenolic OH excluding ortho intramolecular Hbond substituents is 2. The molecule has 3 aromatic rings. The SMILES string of the molecule is Cc1cc2c(c(=O)n1CCc1ccc(O)c(O)c1)[C@@H](c1ccccc1F)C(C#N)=C(N)O2. The van der Waals surface area contributed by atoms with Crippen LogP contribution in [0.3, 0.4) is 0 Å². The highest BCUT2D eigenvalue weighted by molar-refractivity contribution is 5.55. The molecule has 0 saturated heterocycles. The van der Waals surface area contributed by atoms with Crippen LogP contribution in [-0.2, 0) is 13.0 Å². The van der Waals surface area contributed by atoms with Crippen LogP contribution in [0.5, 0.6) is 17.2 Å². The number of allylic oxidation sites excluding steroid dienone is 1. The van der Waals surface area contributed by atoms with Crippen LogP contribution in [0.15, 0.2) is 64.8 Å². The van der Waals surface area contributed by atoms with Gasteiger partial charge >= 0.3 is 0 Å². The number of pyridine rings is 1. The van der Waals surface area contributed by atoms with E-state index in [2.05, 4.69) is 0 Å². The summed E-state index contributed by atoms with van der Waals surface area (Å²) in [6, 6.07) is 14.0. The number of hydrogen-bond acceptors (Lipinski definition) is 6. The topological polar surface area (TPSA) is 122 Å². The second-order valence-electron chi connectivity index (χ2n) is 7.54. The first-order valence-electron chi connectivity index (χ1n) is 9.89. The van der Waals surface area contributed by atoms with Gasteiger partial charge in [0.25, 0.3) is 5.56 Å². The Hall–Kier alpha value is -4.25. The lowest BCUT2D eigenvalue weighted by molar-refractivity contribution is 0.387. The maximum Gasteiger partial charge on any atom is 0.258 e. The molecule has 1 atom stereocenters. The third kappa shape index (κ3) is 3.54. The average molecular weight is 433 g/mol. The van der Waals surface area contributed by atoms with Crippen LogP contribution >= 0.6 is 0 Å². The summed E-state index contributed by atoms with van der Waals surface area (Å²) in [7, 11) is 0. The summed E-state index contributed by atoms with van der Waals surface area (Å²) in [4.78, 5) is 13.5. The molecule has 8 heteroatoms. The van der Waals surface area contributed by atoms with E-state index in [1.165, 1.54) is 34.9 Å². The molecule has 0 amide bonds. The number of aromatic hydroxyl groups is 2. The predicted octanol–water partition coefficient (Wildman–Crippen LogP) is 3.17. The van der Waals surface area contributed by atoms with E-state index in [1.54, 1.807) is 25.1 Å². The zero-order valence-corrected chi connectivity index (χ0v) is 17.2. The van der Waals surface area contributed by atoms with Gasteiger partial charge in [0.1, 0.15) is 23.2 Å². The normalized spacial score (nSPS) is 15.1. The van der Waals surface area contributed by atoms with Gasteiger partial charge in [-0.15, -0.1) is 0 Å². The Bertz CT molecular complexity index is 1350. The highest BCUT2D eigenvalue weighted by Crippen LogP contribution is 2.41. The van der Waals surface area contributed by atoms with Gasteiger partial charge in [-0.25, -0.2) is 4.39 Å². The molecule has 0 bridgehead atoms. The third-order valence-electron chi connectivity index (χ3n) is 5.57. The van der Waals surface area contributed by atoms with Gasteiger partial charge in [0.2, 0.25) is 5.88 Å². The van der Waals surface area contributed by atoms with Crippen LogP contribution in [0.25, 0.3) is 0 Å². The fourth-order valence-electron chi connectivity index (χ4n) is 3.95. The molecule has 2 aromatic carbocycles. The molecule has 0 spiro atoms.